The largest absolute Gasteiger partial charge is 0.348 e. The highest BCUT2D eigenvalue weighted by atomic mass is 16.7. The van der Waals surface area contributed by atoms with Crippen LogP contribution >= 0.6 is 0 Å². The van der Waals surface area contributed by atoms with Crippen molar-refractivity contribution in [3.63, 3.8) is 0 Å². The molecule has 0 aromatic carbocycles. The van der Waals surface area contributed by atoms with Crippen molar-refractivity contribution in [2.24, 2.45) is 0 Å². The van der Waals surface area contributed by atoms with Crippen LogP contribution < -0.4 is 0 Å². The summed E-state index contributed by atoms with van der Waals surface area (Å²) in [5.41, 5.74) is 0. The van der Waals surface area contributed by atoms with Gasteiger partial charge in [-0.2, -0.15) is 4.98 Å². The standard InChI is InChI=1S/C13H21N3O3/c1-10-14-12(15-19-10)9-16(2)11-3-5-13(6-4-11)17-7-8-18-13/h11H,3-9H2,1-2H3. The predicted octanol–water partition coefficient (Wildman–Crippen LogP) is 1.50. The maximum absolute atomic E-state index is 5.75. The minimum atomic E-state index is -0.278. The zero-order valence-electron chi connectivity index (χ0n) is 11.6. The maximum Gasteiger partial charge on any atom is 0.223 e. The van der Waals surface area contributed by atoms with Gasteiger partial charge in [0.15, 0.2) is 11.6 Å². The molecule has 1 saturated heterocycles. The van der Waals surface area contributed by atoms with Gasteiger partial charge in [-0.15, -0.1) is 0 Å². The first-order valence-corrected chi connectivity index (χ1v) is 6.94. The fraction of sp³-hybridized carbons (Fsp3) is 0.846. The topological polar surface area (TPSA) is 60.6 Å². The summed E-state index contributed by atoms with van der Waals surface area (Å²) in [6.45, 7) is 4.03. The summed E-state index contributed by atoms with van der Waals surface area (Å²) in [6, 6.07) is 0.539. The van der Waals surface area contributed by atoms with E-state index in [0.29, 0.717) is 11.9 Å². The monoisotopic (exact) mass is 267 g/mol. The second-order valence-corrected chi connectivity index (χ2v) is 5.48. The van der Waals surface area contributed by atoms with E-state index in [2.05, 4.69) is 22.1 Å². The van der Waals surface area contributed by atoms with Crippen LogP contribution in [0.1, 0.15) is 37.4 Å². The molecule has 2 fully saturated rings. The van der Waals surface area contributed by atoms with Gasteiger partial charge in [-0.25, -0.2) is 0 Å². The van der Waals surface area contributed by atoms with Crippen molar-refractivity contribution >= 4 is 0 Å². The van der Waals surface area contributed by atoms with Crippen molar-refractivity contribution in [3.05, 3.63) is 11.7 Å². The normalized spacial score (nSPS) is 23.5. The van der Waals surface area contributed by atoms with Gasteiger partial charge in [0, 0.05) is 25.8 Å². The summed E-state index contributed by atoms with van der Waals surface area (Å²) in [6.07, 6.45) is 4.14. The van der Waals surface area contributed by atoms with Crippen LogP contribution in [0.5, 0.6) is 0 Å². The van der Waals surface area contributed by atoms with Crippen LogP contribution in [0.25, 0.3) is 0 Å². The third-order valence-corrected chi connectivity index (χ3v) is 4.11. The summed E-state index contributed by atoms with van der Waals surface area (Å²) in [7, 11) is 2.12. The second kappa shape index (κ2) is 5.19. The molecule has 19 heavy (non-hydrogen) atoms. The van der Waals surface area contributed by atoms with Crippen LogP contribution in [-0.4, -0.2) is 47.1 Å². The molecule has 0 atom stereocenters. The molecule has 1 saturated carbocycles. The molecule has 2 aliphatic rings. The van der Waals surface area contributed by atoms with Crippen molar-refractivity contribution in [3.8, 4) is 0 Å². The molecule has 0 bridgehead atoms. The Hall–Kier alpha value is -0.980. The molecule has 1 aliphatic heterocycles. The quantitative estimate of drug-likeness (QED) is 0.827. The van der Waals surface area contributed by atoms with E-state index in [1.807, 2.05) is 6.92 Å². The smallest absolute Gasteiger partial charge is 0.223 e. The van der Waals surface area contributed by atoms with E-state index in [4.69, 9.17) is 14.0 Å². The lowest BCUT2D eigenvalue weighted by Gasteiger charge is -2.38. The van der Waals surface area contributed by atoms with Crippen molar-refractivity contribution in [1.29, 1.82) is 0 Å². The van der Waals surface area contributed by atoms with Crippen LogP contribution in [0.3, 0.4) is 0 Å². The molecule has 106 valence electrons. The Kier molecular flexibility index (Phi) is 3.56. The molecule has 1 aliphatic carbocycles. The Morgan fingerprint density at radius 1 is 1.26 bits per heavy atom. The highest BCUT2D eigenvalue weighted by Crippen LogP contribution is 2.37. The lowest BCUT2D eigenvalue weighted by molar-refractivity contribution is -0.183. The summed E-state index contributed by atoms with van der Waals surface area (Å²) in [5, 5.41) is 3.94. The number of hydrogen-bond acceptors (Lipinski definition) is 6. The lowest BCUT2D eigenvalue weighted by atomic mass is 9.89. The summed E-state index contributed by atoms with van der Waals surface area (Å²) in [4.78, 5) is 6.55. The number of hydrogen-bond donors (Lipinski definition) is 0. The first-order chi connectivity index (χ1) is 9.17. The van der Waals surface area contributed by atoms with Crippen molar-refractivity contribution in [2.75, 3.05) is 20.3 Å². The van der Waals surface area contributed by atoms with E-state index in [9.17, 15) is 0 Å². The van der Waals surface area contributed by atoms with Crippen LogP contribution in [0.2, 0.25) is 0 Å². The maximum atomic E-state index is 5.75. The van der Waals surface area contributed by atoms with Gasteiger partial charge in [-0.3, -0.25) is 4.90 Å². The molecule has 0 radical (unpaired) electrons. The highest BCUT2D eigenvalue weighted by Gasteiger charge is 2.41. The van der Waals surface area contributed by atoms with E-state index in [-0.39, 0.29) is 5.79 Å². The fourth-order valence-corrected chi connectivity index (χ4v) is 3.03. The van der Waals surface area contributed by atoms with Gasteiger partial charge in [0.05, 0.1) is 19.8 Å². The molecule has 6 nitrogen and oxygen atoms in total. The van der Waals surface area contributed by atoms with Gasteiger partial charge in [-0.1, -0.05) is 5.16 Å². The molecule has 1 spiro atoms. The predicted molar refractivity (Wildman–Crippen MR) is 67.4 cm³/mol. The van der Waals surface area contributed by atoms with Gasteiger partial charge in [0.25, 0.3) is 0 Å². The average molecular weight is 267 g/mol. The zero-order valence-corrected chi connectivity index (χ0v) is 11.6. The first-order valence-electron chi connectivity index (χ1n) is 6.94. The molecule has 0 amide bonds. The third-order valence-electron chi connectivity index (χ3n) is 4.11. The minimum Gasteiger partial charge on any atom is -0.348 e. The Morgan fingerprint density at radius 2 is 1.95 bits per heavy atom. The average Bonchev–Trinajstić information content (AvgIpc) is 3.00. The summed E-state index contributed by atoms with van der Waals surface area (Å²) in [5.74, 6) is 1.10. The van der Waals surface area contributed by atoms with E-state index in [0.717, 1.165) is 51.3 Å². The number of ether oxygens (including phenoxy) is 2. The Bertz CT molecular complexity index is 419. The molecule has 0 unspecified atom stereocenters. The molecule has 0 N–H and O–H groups in total. The number of nitrogens with zero attached hydrogens (tertiary/aromatic N) is 3. The zero-order chi connectivity index (χ0) is 13.3. The Balaban J connectivity index is 1.53. The minimum absolute atomic E-state index is 0.278. The molecule has 1 aromatic heterocycles. The van der Waals surface area contributed by atoms with Gasteiger partial charge in [0.2, 0.25) is 5.89 Å². The molecule has 6 heteroatoms. The van der Waals surface area contributed by atoms with Gasteiger partial charge >= 0.3 is 0 Å². The highest BCUT2D eigenvalue weighted by molar-refractivity contribution is 4.89. The van der Waals surface area contributed by atoms with Crippen LogP contribution in [0.15, 0.2) is 4.52 Å². The Labute approximate surface area is 113 Å². The van der Waals surface area contributed by atoms with Gasteiger partial charge in [0.1, 0.15) is 0 Å². The van der Waals surface area contributed by atoms with E-state index >= 15 is 0 Å². The fourth-order valence-electron chi connectivity index (χ4n) is 3.03. The van der Waals surface area contributed by atoms with Crippen LogP contribution in [0.4, 0.5) is 0 Å². The number of aromatic nitrogens is 2. The van der Waals surface area contributed by atoms with E-state index in [1.54, 1.807) is 0 Å². The molecular weight excluding hydrogens is 246 g/mol. The van der Waals surface area contributed by atoms with Gasteiger partial charge < -0.3 is 14.0 Å². The second-order valence-electron chi connectivity index (χ2n) is 5.48. The van der Waals surface area contributed by atoms with Gasteiger partial charge in [-0.05, 0) is 19.9 Å². The molecule has 3 rings (SSSR count). The summed E-state index contributed by atoms with van der Waals surface area (Å²) < 4.78 is 16.5. The van der Waals surface area contributed by atoms with Crippen molar-refractivity contribution in [2.45, 2.75) is 51.0 Å². The summed E-state index contributed by atoms with van der Waals surface area (Å²) >= 11 is 0. The van der Waals surface area contributed by atoms with Crippen molar-refractivity contribution < 1.29 is 14.0 Å². The Morgan fingerprint density at radius 3 is 2.53 bits per heavy atom. The molecule has 1 aromatic rings. The van der Waals surface area contributed by atoms with E-state index in [1.165, 1.54) is 0 Å². The number of aryl methyl sites for hydroxylation is 1. The van der Waals surface area contributed by atoms with Crippen LogP contribution in [0, 0.1) is 6.92 Å². The molecule has 2 heterocycles. The SMILES string of the molecule is Cc1nc(CN(C)C2CCC3(CC2)OCCO3)no1. The first kappa shape index (κ1) is 13.0. The van der Waals surface area contributed by atoms with E-state index < -0.39 is 0 Å². The molecular formula is C13H21N3O3. The number of rotatable bonds is 3. The third kappa shape index (κ3) is 2.80. The van der Waals surface area contributed by atoms with Crippen LogP contribution in [-0.2, 0) is 16.0 Å². The van der Waals surface area contributed by atoms with Crippen molar-refractivity contribution in [1.82, 2.24) is 15.0 Å². The lowest BCUT2D eigenvalue weighted by Crippen LogP contribution is -2.42.